The number of halogens is 3. The van der Waals surface area contributed by atoms with E-state index < -0.39 is 12.7 Å². The summed E-state index contributed by atoms with van der Waals surface area (Å²) in [5, 5.41) is 0. The molecule has 2 rings (SSSR count). The van der Waals surface area contributed by atoms with Gasteiger partial charge in [0.1, 0.15) is 0 Å². The molecule has 2 aliphatic rings. The van der Waals surface area contributed by atoms with Crippen LogP contribution in [-0.4, -0.2) is 61.8 Å². The van der Waals surface area contributed by atoms with Gasteiger partial charge in [-0.3, -0.25) is 4.90 Å². The fourth-order valence-electron chi connectivity index (χ4n) is 3.40. The van der Waals surface area contributed by atoms with Crippen molar-refractivity contribution in [3.63, 3.8) is 0 Å². The first kappa shape index (κ1) is 16.0. The number of hydrogen-bond donors (Lipinski definition) is 1. The summed E-state index contributed by atoms with van der Waals surface area (Å²) in [7, 11) is 0. The Labute approximate surface area is 119 Å². The maximum absolute atomic E-state index is 12.3. The van der Waals surface area contributed by atoms with Crippen LogP contribution < -0.4 is 5.73 Å². The van der Waals surface area contributed by atoms with E-state index in [1.807, 2.05) is 0 Å². The Bertz CT molecular complexity index is 280. The minimum absolute atomic E-state index is 0.539. The van der Waals surface area contributed by atoms with Crippen molar-refractivity contribution in [1.29, 1.82) is 0 Å². The minimum atomic E-state index is -4.07. The maximum atomic E-state index is 12.3. The molecule has 3 nitrogen and oxygen atoms in total. The van der Waals surface area contributed by atoms with Crippen LogP contribution in [0.4, 0.5) is 13.2 Å². The van der Waals surface area contributed by atoms with Crippen LogP contribution in [0.3, 0.4) is 0 Å². The summed E-state index contributed by atoms with van der Waals surface area (Å²) in [6, 6.07) is 0. The molecule has 0 amide bonds. The highest BCUT2D eigenvalue weighted by Crippen LogP contribution is 2.29. The summed E-state index contributed by atoms with van der Waals surface area (Å²) in [6.07, 6.45) is 0.822. The largest absolute Gasteiger partial charge is 0.401 e. The van der Waals surface area contributed by atoms with Gasteiger partial charge in [0.05, 0.1) is 6.54 Å². The molecule has 1 heterocycles. The first-order valence-corrected chi connectivity index (χ1v) is 7.68. The Kier molecular flexibility index (Phi) is 5.69. The van der Waals surface area contributed by atoms with Crippen molar-refractivity contribution in [2.75, 3.05) is 45.8 Å². The van der Waals surface area contributed by atoms with Crippen molar-refractivity contribution in [3.05, 3.63) is 0 Å². The molecule has 2 N–H and O–H groups in total. The van der Waals surface area contributed by atoms with E-state index in [1.54, 1.807) is 0 Å². The van der Waals surface area contributed by atoms with Crippen LogP contribution in [0, 0.1) is 11.8 Å². The zero-order valence-electron chi connectivity index (χ0n) is 12.0. The number of nitrogens with two attached hydrogens (primary N) is 1. The van der Waals surface area contributed by atoms with Gasteiger partial charge >= 0.3 is 6.18 Å². The Morgan fingerprint density at radius 3 is 1.85 bits per heavy atom. The molecule has 118 valence electrons. The van der Waals surface area contributed by atoms with E-state index in [0.717, 1.165) is 26.2 Å². The predicted molar refractivity (Wildman–Crippen MR) is 73.4 cm³/mol. The maximum Gasteiger partial charge on any atom is 0.401 e. The fraction of sp³-hybridized carbons (Fsp3) is 1.00. The lowest BCUT2D eigenvalue weighted by Gasteiger charge is -2.38. The molecule has 1 saturated heterocycles. The van der Waals surface area contributed by atoms with Crippen molar-refractivity contribution >= 4 is 0 Å². The molecule has 1 saturated carbocycles. The highest BCUT2D eigenvalue weighted by molar-refractivity contribution is 4.79. The monoisotopic (exact) mass is 293 g/mol. The summed E-state index contributed by atoms with van der Waals surface area (Å²) in [4.78, 5) is 3.85. The van der Waals surface area contributed by atoms with Crippen molar-refractivity contribution in [3.8, 4) is 0 Å². The van der Waals surface area contributed by atoms with E-state index >= 15 is 0 Å². The number of nitrogens with zero attached hydrogens (tertiary/aromatic N) is 2. The summed E-state index contributed by atoms with van der Waals surface area (Å²) >= 11 is 0. The van der Waals surface area contributed by atoms with Crippen LogP contribution in [0.2, 0.25) is 0 Å². The van der Waals surface area contributed by atoms with Crippen LogP contribution in [-0.2, 0) is 0 Å². The molecule has 0 bridgehead atoms. The van der Waals surface area contributed by atoms with Crippen LogP contribution >= 0.6 is 0 Å². The third-order valence-electron chi connectivity index (χ3n) is 4.68. The van der Waals surface area contributed by atoms with E-state index in [1.165, 1.54) is 30.6 Å². The van der Waals surface area contributed by atoms with Gasteiger partial charge in [0.15, 0.2) is 0 Å². The van der Waals surface area contributed by atoms with Gasteiger partial charge < -0.3 is 10.6 Å². The summed E-state index contributed by atoms with van der Waals surface area (Å²) in [5.41, 5.74) is 5.69. The van der Waals surface area contributed by atoms with E-state index in [9.17, 15) is 13.2 Å². The summed E-state index contributed by atoms with van der Waals surface area (Å²) in [5.74, 6) is 1.40. The Hall–Kier alpha value is -0.330. The average molecular weight is 293 g/mol. The molecule has 0 aromatic heterocycles. The molecule has 6 heteroatoms. The van der Waals surface area contributed by atoms with Gasteiger partial charge in [-0.25, -0.2) is 0 Å². The third-order valence-corrected chi connectivity index (χ3v) is 4.68. The normalized spacial score (nSPS) is 30.6. The van der Waals surface area contributed by atoms with Gasteiger partial charge in [-0.2, -0.15) is 13.2 Å². The van der Waals surface area contributed by atoms with Crippen LogP contribution in [0.5, 0.6) is 0 Å². The molecule has 1 aliphatic carbocycles. The smallest absolute Gasteiger partial charge is 0.330 e. The van der Waals surface area contributed by atoms with Crippen molar-refractivity contribution in [1.82, 2.24) is 9.80 Å². The van der Waals surface area contributed by atoms with Crippen LogP contribution in [0.15, 0.2) is 0 Å². The van der Waals surface area contributed by atoms with Gasteiger partial charge in [0.25, 0.3) is 0 Å². The molecule has 20 heavy (non-hydrogen) atoms. The molecule has 0 aromatic rings. The number of alkyl halides is 3. The standard InChI is InChI=1S/C14H26F3N3/c15-14(16,17)11-20-7-5-19(6-8-20)10-13-3-1-12(9-18)2-4-13/h12-13H,1-11,18H2. The van der Waals surface area contributed by atoms with Gasteiger partial charge in [0, 0.05) is 32.7 Å². The van der Waals surface area contributed by atoms with E-state index in [-0.39, 0.29) is 0 Å². The zero-order valence-corrected chi connectivity index (χ0v) is 12.0. The Morgan fingerprint density at radius 2 is 1.35 bits per heavy atom. The Balaban J connectivity index is 1.65. The highest BCUT2D eigenvalue weighted by Gasteiger charge is 2.32. The molecule has 2 fully saturated rings. The Morgan fingerprint density at radius 1 is 0.850 bits per heavy atom. The van der Waals surface area contributed by atoms with Gasteiger partial charge in [0.2, 0.25) is 0 Å². The lowest BCUT2D eigenvalue weighted by Crippen LogP contribution is -2.50. The quantitative estimate of drug-likeness (QED) is 0.859. The average Bonchev–Trinajstić information content (AvgIpc) is 2.40. The first-order chi connectivity index (χ1) is 9.46. The van der Waals surface area contributed by atoms with Gasteiger partial charge in [-0.05, 0) is 44.1 Å². The highest BCUT2D eigenvalue weighted by atomic mass is 19.4. The number of rotatable bonds is 4. The SMILES string of the molecule is NCC1CCC(CN2CCN(CC(F)(F)F)CC2)CC1. The number of piperazine rings is 1. The van der Waals surface area contributed by atoms with Crippen LogP contribution in [0.1, 0.15) is 25.7 Å². The second kappa shape index (κ2) is 7.09. The molecule has 0 atom stereocenters. The van der Waals surface area contributed by atoms with Crippen LogP contribution in [0.25, 0.3) is 0 Å². The molecule has 0 radical (unpaired) electrons. The molecular weight excluding hydrogens is 267 g/mol. The van der Waals surface area contributed by atoms with Gasteiger partial charge in [-0.15, -0.1) is 0 Å². The second-order valence-electron chi connectivity index (χ2n) is 6.31. The van der Waals surface area contributed by atoms with E-state index in [4.69, 9.17) is 5.73 Å². The van der Waals surface area contributed by atoms with Gasteiger partial charge in [-0.1, -0.05) is 0 Å². The van der Waals surface area contributed by atoms with Crippen molar-refractivity contribution in [2.24, 2.45) is 17.6 Å². The zero-order chi connectivity index (χ0) is 14.6. The molecule has 1 aliphatic heterocycles. The van der Waals surface area contributed by atoms with Crippen molar-refractivity contribution < 1.29 is 13.2 Å². The predicted octanol–water partition coefficient (Wildman–Crippen LogP) is 1.93. The molecule has 0 unspecified atom stereocenters. The fourth-order valence-corrected chi connectivity index (χ4v) is 3.40. The second-order valence-corrected chi connectivity index (χ2v) is 6.31. The summed E-state index contributed by atoms with van der Waals surface area (Å²) < 4.78 is 36.9. The van der Waals surface area contributed by atoms with Crippen molar-refractivity contribution in [2.45, 2.75) is 31.9 Å². The topological polar surface area (TPSA) is 32.5 Å². The summed E-state index contributed by atoms with van der Waals surface area (Å²) in [6.45, 7) is 3.71. The lowest BCUT2D eigenvalue weighted by atomic mass is 9.82. The molecule has 0 aromatic carbocycles. The van der Waals surface area contributed by atoms with E-state index in [2.05, 4.69) is 4.90 Å². The lowest BCUT2D eigenvalue weighted by molar-refractivity contribution is -0.149. The minimum Gasteiger partial charge on any atom is -0.330 e. The first-order valence-electron chi connectivity index (χ1n) is 7.68. The number of hydrogen-bond acceptors (Lipinski definition) is 3. The van der Waals surface area contributed by atoms with E-state index in [0.29, 0.717) is 24.9 Å². The third kappa shape index (κ3) is 5.22. The molecular formula is C14H26F3N3. The molecule has 0 spiro atoms.